The van der Waals surface area contributed by atoms with Gasteiger partial charge in [0.05, 0.1) is 27.4 Å². The van der Waals surface area contributed by atoms with Crippen molar-refractivity contribution in [3.63, 3.8) is 0 Å². The lowest BCUT2D eigenvalue weighted by molar-refractivity contribution is -0.142. The molecule has 0 aromatic heterocycles. The van der Waals surface area contributed by atoms with Gasteiger partial charge in [-0.25, -0.2) is 4.79 Å². The molecule has 3 amide bonds. The molecule has 0 spiro atoms. The molecule has 2 aromatic carbocycles. The Kier molecular flexibility index (Phi) is 13.0. The van der Waals surface area contributed by atoms with Crippen LogP contribution in [0, 0.1) is 0 Å². The van der Waals surface area contributed by atoms with Gasteiger partial charge in [0.15, 0.2) is 0 Å². The Morgan fingerprint density at radius 2 is 1.43 bits per heavy atom. The van der Waals surface area contributed by atoms with Crippen LogP contribution in [0.1, 0.15) is 63.2 Å². The number of esters is 1. The zero-order chi connectivity index (χ0) is 33.2. The van der Waals surface area contributed by atoms with E-state index in [1.165, 1.54) is 33.3 Å². The summed E-state index contributed by atoms with van der Waals surface area (Å²) in [5.41, 5.74) is 19.4. The largest absolute Gasteiger partial charge is 0.496 e. The standard InChI is InChI=1S/C31H45N5O8/c1-31(2,3)44-30(40)35-15-9-8-10-22(32)28(38)36(4)26(27(34)37)19-12-14-24(42-6)21(17-19)20-16-18(11-13-23(20)41-5)25(33)29(39)43-7/h11-14,16-17,22,25-26H,8-10,15,32-33H2,1-7H3,(H2,34,37)(H,35,40)/t22-,25-,26-/m0/s1. The fourth-order valence-corrected chi connectivity index (χ4v) is 4.58. The minimum atomic E-state index is -1.15. The molecule has 13 heteroatoms. The van der Waals surface area contributed by atoms with Crippen molar-refractivity contribution in [1.82, 2.24) is 10.2 Å². The van der Waals surface area contributed by atoms with Crippen molar-refractivity contribution in [1.29, 1.82) is 0 Å². The van der Waals surface area contributed by atoms with Gasteiger partial charge in [0.2, 0.25) is 11.8 Å². The first-order valence-corrected chi connectivity index (χ1v) is 14.1. The van der Waals surface area contributed by atoms with Crippen molar-refractivity contribution >= 4 is 23.9 Å². The minimum absolute atomic E-state index is 0.322. The minimum Gasteiger partial charge on any atom is -0.496 e. The summed E-state index contributed by atoms with van der Waals surface area (Å²) in [6.45, 7) is 5.69. The van der Waals surface area contributed by atoms with Crippen LogP contribution in [-0.2, 0) is 23.9 Å². The van der Waals surface area contributed by atoms with Crippen LogP contribution in [0.4, 0.5) is 4.79 Å². The van der Waals surface area contributed by atoms with E-state index in [9.17, 15) is 19.2 Å². The number of hydrogen-bond donors (Lipinski definition) is 4. The molecule has 0 radical (unpaired) electrons. The Hall–Kier alpha value is -4.36. The Morgan fingerprint density at radius 3 is 1.93 bits per heavy atom. The van der Waals surface area contributed by atoms with Crippen molar-refractivity contribution in [3.05, 3.63) is 47.5 Å². The first kappa shape index (κ1) is 35.8. The quantitative estimate of drug-likeness (QED) is 0.181. The second kappa shape index (κ2) is 15.9. The van der Waals surface area contributed by atoms with Crippen LogP contribution in [0.3, 0.4) is 0 Å². The molecule has 13 nitrogen and oxygen atoms in total. The van der Waals surface area contributed by atoms with Gasteiger partial charge >= 0.3 is 12.1 Å². The fraction of sp³-hybridized carbons (Fsp3) is 0.484. The number of unbranched alkanes of at least 4 members (excludes halogenated alkanes) is 1. The number of hydrogen-bond acceptors (Lipinski definition) is 10. The highest BCUT2D eigenvalue weighted by atomic mass is 16.6. The number of carbonyl (C=O) groups excluding carboxylic acids is 4. The van der Waals surface area contributed by atoms with Crippen LogP contribution in [0.15, 0.2) is 36.4 Å². The van der Waals surface area contributed by atoms with E-state index in [1.54, 1.807) is 57.2 Å². The van der Waals surface area contributed by atoms with Crippen LogP contribution in [0.5, 0.6) is 11.5 Å². The number of nitrogens with two attached hydrogens (primary N) is 3. The van der Waals surface area contributed by atoms with Gasteiger partial charge in [-0.15, -0.1) is 0 Å². The average molecular weight is 616 g/mol. The number of likely N-dealkylation sites (N-methyl/N-ethyl adjacent to an activating group) is 1. The van der Waals surface area contributed by atoms with Gasteiger partial charge in [0, 0.05) is 24.7 Å². The predicted molar refractivity (Wildman–Crippen MR) is 165 cm³/mol. The zero-order valence-corrected chi connectivity index (χ0v) is 26.5. The summed E-state index contributed by atoms with van der Waals surface area (Å²) < 4.78 is 21.1. The van der Waals surface area contributed by atoms with E-state index in [4.69, 9.17) is 36.1 Å². The molecule has 44 heavy (non-hydrogen) atoms. The summed E-state index contributed by atoms with van der Waals surface area (Å²) in [6.07, 6.45) is 0.930. The third-order valence-corrected chi connectivity index (χ3v) is 6.80. The smallest absolute Gasteiger partial charge is 0.407 e. The van der Waals surface area contributed by atoms with Gasteiger partial charge in [-0.2, -0.15) is 0 Å². The molecule has 0 aliphatic rings. The number of benzene rings is 2. The van der Waals surface area contributed by atoms with E-state index < -0.39 is 47.6 Å². The number of carbonyl (C=O) groups is 4. The predicted octanol–water partition coefficient (Wildman–Crippen LogP) is 2.55. The van der Waals surface area contributed by atoms with E-state index in [0.717, 1.165) is 0 Å². The molecule has 7 N–H and O–H groups in total. The Morgan fingerprint density at radius 1 is 0.886 bits per heavy atom. The summed E-state index contributed by atoms with van der Waals surface area (Å²) in [6, 6.07) is 6.80. The molecule has 0 aliphatic carbocycles. The maximum atomic E-state index is 13.3. The number of nitrogens with one attached hydrogen (secondary N) is 1. The molecule has 0 aliphatic heterocycles. The molecular formula is C31H45N5O8. The monoisotopic (exact) mass is 615 g/mol. The highest BCUT2D eigenvalue weighted by molar-refractivity contribution is 5.90. The third kappa shape index (κ3) is 9.58. The summed E-state index contributed by atoms with van der Waals surface area (Å²) in [4.78, 5) is 51.1. The van der Waals surface area contributed by atoms with Crippen LogP contribution < -0.4 is 32.0 Å². The number of primary amides is 1. The van der Waals surface area contributed by atoms with Crippen LogP contribution in [0.2, 0.25) is 0 Å². The molecule has 0 heterocycles. The van der Waals surface area contributed by atoms with Crippen molar-refractivity contribution in [3.8, 4) is 22.6 Å². The number of methoxy groups -OCH3 is 3. The second-order valence-corrected chi connectivity index (χ2v) is 11.2. The molecule has 0 saturated carbocycles. The molecule has 0 bridgehead atoms. The van der Waals surface area contributed by atoms with Gasteiger partial charge in [-0.3, -0.25) is 14.4 Å². The number of rotatable bonds is 14. The van der Waals surface area contributed by atoms with Crippen LogP contribution in [0.25, 0.3) is 11.1 Å². The average Bonchev–Trinajstić information content (AvgIpc) is 2.98. The third-order valence-electron chi connectivity index (χ3n) is 6.80. The molecule has 242 valence electrons. The first-order chi connectivity index (χ1) is 20.6. The summed E-state index contributed by atoms with van der Waals surface area (Å²) in [5, 5.41) is 2.67. The van der Waals surface area contributed by atoms with Crippen LogP contribution >= 0.6 is 0 Å². The topological polar surface area (TPSA) is 199 Å². The first-order valence-electron chi connectivity index (χ1n) is 14.1. The highest BCUT2D eigenvalue weighted by Crippen LogP contribution is 2.40. The molecule has 3 atom stereocenters. The van der Waals surface area contributed by atoms with Gasteiger partial charge in [-0.1, -0.05) is 12.1 Å². The molecule has 0 unspecified atom stereocenters. The van der Waals surface area contributed by atoms with E-state index in [-0.39, 0.29) is 0 Å². The van der Waals surface area contributed by atoms with E-state index in [2.05, 4.69) is 5.32 Å². The molecule has 2 aromatic rings. The Bertz CT molecular complexity index is 1330. The highest BCUT2D eigenvalue weighted by Gasteiger charge is 2.31. The SMILES string of the molecule is COC(=O)[C@@H](N)c1ccc(OC)c(-c2cc([C@@H](C(N)=O)N(C)C(=O)[C@@H](N)CCCCNC(=O)OC(C)(C)C)ccc2OC)c1. The number of ether oxygens (including phenoxy) is 4. The Balaban J connectivity index is 2.28. The van der Waals surface area contributed by atoms with Crippen molar-refractivity contribution in [2.24, 2.45) is 17.2 Å². The second-order valence-electron chi connectivity index (χ2n) is 11.2. The number of amides is 3. The maximum Gasteiger partial charge on any atom is 0.407 e. The van der Waals surface area contributed by atoms with Crippen molar-refractivity contribution in [2.45, 2.75) is 63.8 Å². The number of nitrogens with zero attached hydrogens (tertiary/aromatic N) is 1. The van der Waals surface area contributed by atoms with Gasteiger partial charge in [0.25, 0.3) is 0 Å². The lowest BCUT2D eigenvalue weighted by Crippen LogP contribution is -2.46. The van der Waals surface area contributed by atoms with Gasteiger partial charge < -0.3 is 46.4 Å². The maximum absolute atomic E-state index is 13.3. The van der Waals surface area contributed by atoms with Gasteiger partial charge in [-0.05, 0) is 75.4 Å². The molecular weight excluding hydrogens is 570 g/mol. The normalized spacial score (nSPS) is 13.2. The summed E-state index contributed by atoms with van der Waals surface area (Å²) in [5.74, 6) is -0.977. The number of alkyl carbamates (subject to hydrolysis) is 1. The Labute approximate surface area is 258 Å². The molecule has 2 rings (SSSR count). The van der Waals surface area contributed by atoms with Crippen molar-refractivity contribution in [2.75, 3.05) is 34.9 Å². The molecule has 0 saturated heterocycles. The van der Waals surface area contributed by atoms with Gasteiger partial charge in [0.1, 0.15) is 29.2 Å². The van der Waals surface area contributed by atoms with E-state index >= 15 is 0 Å². The van der Waals surface area contributed by atoms with E-state index in [1.807, 2.05) is 0 Å². The summed E-state index contributed by atoms with van der Waals surface area (Å²) >= 11 is 0. The lowest BCUT2D eigenvalue weighted by Gasteiger charge is -2.29. The fourth-order valence-electron chi connectivity index (χ4n) is 4.58. The lowest BCUT2D eigenvalue weighted by atomic mass is 9.94. The molecule has 0 fully saturated rings. The van der Waals surface area contributed by atoms with E-state index in [0.29, 0.717) is 59.6 Å². The van der Waals surface area contributed by atoms with Crippen LogP contribution in [-0.4, -0.2) is 75.3 Å². The zero-order valence-electron chi connectivity index (χ0n) is 26.5. The summed E-state index contributed by atoms with van der Waals surface area (Å²) in [7, 11) is 5.68. The van der Waals surface area contributed by atoms with Crippen molar-refractivity contribution < 1.29 is 38.1 Å².